The van der Waals surface area contributed by atoms with Crippen LogP contribution in [0.5, 0.6) is 5.75 Å². The second-order valence-electron chi connectivity index (χ2n) is 6.19. The summed E-state index contributed by atoms with van der Waals surface area (Å²) in [6.45, 7) is 1.71. The van der Waals surface area contributed by atoms with Crippen molar-refractivity contribution in [1.29, 1.82) is 0 Å². The van der Waals surface area contributed by atoms with Gasteiger partial charge in [0.05, 0.1) is 11.6 Å². The van der Waals surface area contributed by atoms with Crippen LogP contribution in [-0.2, 0) is 9.53 Å². The monoisotopic (exact) mass is 438 g/mol. The lowest BCUT2D eigenvalue weighted by Gasteiger charge is -2.21. The summed E-state index contributed by atoms with van der Waals surface area (Å²) in [5.41, 5.74) is 0.260. The number of halogens is 2. The summed E-state index contributed by atoms with van der Waals surface area (Å²) in [4.78, 5) is 24.0. The summed E-state index contributed by atoms with van der Waals surface area (Å²) in [5, 5.41) is 36.9. The lowest BCUT2D eigenvalue weighted by molar-refractivity contribution is -0.154. The molecule has 28 heavy (non-hydrogen) atoms. The van der Waals surface area contributed by atoms with Crippen LogP contribution in [0.3, 0.4) is 0 Å². The molecule has 0 aromatic heterocycles. The van der Waals surface area contributed by atoms with E-state index in [-0.39, 0.29) is 33.1 Å². The minimum absolute atomic E-state index is 0.0226. The van der Waals surface area contributed by atoms with Gasteiger partial charge in [-0.3, -0.25) is 4.79 Å². The standard InChI is InChI=1S/C18H24Cl2O8/c1-3-9(2)17(25)10-4-5-13(16(20)15(10)19)27-8-14(24)28-7-12(23)18(26)11(22)6-21/h4-5,9,11-12,18,21-23,26H,3,6-8H2,1-2H3/t9?,11-,12+,18?/m1/s1. The first-order chi connectivity index (χ1) is 13.1. The van der Waals surface area contributed by atoms with E-state index in [1.807, 2.05) is 6.92 Å². The summed E-state index contributed by atoms with van der Waals surface area (Å²) in [5.74, 6) is -1.18. The first kappa shape index (κ1) is 24.6. The highest BCUT2D eigenvalue weighted by molar-refractivity contribution is 6.44. The average Bonchev–Trinajstić information content (AvgIpc) is 2.70. The first-order valence-corrected chi connectivity index (χ1v) is 9.35. The highest BCUT2D eigenvalue weighted by Crippen LogP contribution is 2.36. The number of rotatable bonds is 11. The number of carbonyl (C=O) groups excluding carboxylic acids is 2. The maximum Gasteiger partial charge on any atom is 0.344 e. The van der Waals surface area contributed by atoms with Crippen LogP contribution in [0.2, 0.25) is 10.0 Å². The van der Waals surface area contributed by atoms with Crippen LogP contribution in [-0.4, -0.2) is 70.3 Å². The summed E-state index contributed by atoms with van der Waals surface area (Å²) >= 11 is 12.2. The number of aliphatic hydroxyl groups is 4. The predicted molar refractivity (Wildman–Crippen MR) is 102 cm³/mol. The summed E-state index contributed by atoms with van der Waals surface area (Å²) in [6, 6.07) is 2.87. The van der Waals surface area contributed by atoms with Crippen molar-refractivity contribution in [2.45, 2.75) is 38.6 Å². The number of benzene rings is 1. The lowest BCUT2D eigenvalue weighted by atomic mass is 9.97. The number of hydrogen-bond donors (Lipinski definition) is 4. The van der Waals surface area contributed by atoms with Gasteiger partial charge < -0.3 is 29.9 Å². The SMILES string of the molecule is CCC(C)C(=O)c1ccc(OCC(=O)OC[C@H](O)C(O)[C@H](O)CO)c(Cl)c1Cl. The van der Waals surface area contributed by atoms with E-state index in [1.54, 1.807) is 6.92 Å². The fourth-order valence-corrected chi connectivity index (χ4v) is 2.57. The predicted octanol–water partition coefficient (Wildman–Crippen LogP) is 1.22. The maximum absolute atomic E-state index is 12.3. The van der Waals surface area contributed by atoms with Crippen LogP contribution in [0.1, 0.15) is 30.6 Å². The highest BCUT2D eigenvalue weighted by Gasteiger charge is 2.25. The molecule has 0 aliphatic heterocycles. The smallest absolute Gasteiger partial charge is 0.344 e. The van der Waals surface area contributed by atoms with E-state index in [1.165, 1.54) is 12.1 Å². The van der Waals surface area contributed by atoms with Gasteiger partial charge in [0.2, 0.25) is 0 Å². The number of Topliss-reactive ketones (excluding diaryl/α,β-unsaturated/α-hetero) is 1. The molecule has 2 unspecified atom stereocenters. The topological polar surface area (TPSA) is 134 Å². The largest absolute Gasteiger partial charge is 0.480 e. The molecular formula is C18H24Cl2O8. The zero-order valence-corrected chi connectivity index (χ0v) is 17.0. The van der Waals surface area contributed by atoms with Crippen LogP contribution in [0.15, 0.2) is 12.1 Å². The van der Waals surface area contributed by atoms with Crippen LogP contribution < -0.4 is 4.74 Å². The normalized spacial score (nSPS) is 15.4. The summed E-state index contributed by atoms with van der Waals surface area (Å²) in [7, 11) is 0. The minimum atomic E-state index is -1.68. The third kappa shape index (κ3) is 6.58. The Labute approximate surface area is 172 Å². The molecule has 0 aliphatic rings. The molecule has 0 spiro atoms. The second-order valence-corrected chi connectivity index (χ2v) is 6.95. The maximum atomic E-state index is 12.3. The fourth-order valence-electron chi connectivity index (χ4n) is 2.10. The van der Waals surface area contributed by atoms with E-state index in [4.69, 9.17) is 37.8 Å². The van der Waals surface area contributed by atoms with Gasteiger partial charge in [0.25, 0.3) is 0 Å². The van der Waals surface area contributed by atoms with Gasteiger partial charge in [-0.05, 0) is 18.6 Å². The van der Waals surface area contributed by atoms with Crippen LogP contribution in [0.25, 0.3) is 0 Å². The molecule has 0 amide bonds. The van der Waals surface area contributed by atoms with Crippen molar-refractivity contribution >= 4 is 35.0 Å². The first-order valence-electron chi connectivity index (χ1n) is 8.59. The molecule has 0 fully saturated rings. The van der Waals surface area contributed by atoms with Gasteiger partial charge in [0, 0.05) is 11.5 Å². The Morgan fingerprint density at radius 1 is 1.11 bits per heavy atom. The molecule has 0 heterocycles. The molecular weight excluding hydrogens is 415 g/mol. The van der Waals surface area contributed by atoms with Crippen molar-refractivity contribution in [2.75, 3.05) is 19.8 Å². The molecule has 4 atom stereocenters. The highest BCUT2D eigenvalue weighted by atomic mass is 35.5. The zero-order valence-electron chi connectivity index (χ0n) is 15.5. The van der Waals surface area contributed by atoms with Crippen molar-refractivity contribution in [2.24, 2.45) is 5.92 Å². The second kappa shape index (κ2) is 11.5. The molecule has 4 N–H and O–H groups in total. The Hall–Kier alpha value is -1.42. The van der Waals surface area contributed by atoms with E-state index in [0.29, 0.717) is 6.42 Å². The van der Waals surface area contributed by atoms with Crippen LogP contribution >= 0.6 is 23.2 Å². The Kier molecular flexibility index (Phi) is 10.2. The van der Waals surface area contributed by atoms with Crippen molar-refractivity contribution in [3.05, 3.63) is 27.7 Å². The number of aliphatic hydroxyl groups excluding tert-OH is 4. The minimum Gasteiger partial charge on any atom is -0.480 e. The Balaban J connectivity index is 2.64. The van der Waals surface area contributed by atoms with Gasteiger partial charge in [-0.2, -0.15) is 0 Å². The van der Waals surface area contributed by atoms with E-state index in [0.717, 1.165) is 0 Å². The molecule has 1 aromatic carbocycles. The quantitative estimate of drug-likeness (QED) is 0.299. The molecule has 10 heteroatoms. The summed E-state index contributed by atoms with van der Waals surface area (Å²) in [6.07, 6.45) is -4.19. The number of carbonyl (C=O) groups is 2. The molecule has 0 bridgehead atoms. The molecule has 0 aliphatic carbocycles. The van der Waals surface area contributed by atoms with Gasteiger partial charge in [0.1, 0.15) is 35.7 Å². The van der Waals surface area contributed by atoms with E-state index in [9.17, 15) is 24.9 Å². The fraction of sp³-hybridized carbons (Fsp3) is 0.556. The number of esters is 1. The van der Waals surface area contributed by atoms with E-state index in [2.05, 4.69) is 0 Å². The van der Waals surface area contributed by atoms with Gasteiger partial charge in [0.15, 0.2) is 12.4 Å². The van der Waals surface area contributed by atoms with E-state index >= 15 is 0 Å². The van der Waals surface area contributed by atoms with Gasteiger partial charge >= 0.3 is 5.97 Å². The number of ketones is 1. The Morgan fingerprint density at radius 3 is 2.32 bits per heavy atom. The zero-order chi connectivity index (χ0) is 21.4. The third-order valence-electron chi connectivity index (χ3n) is 4.11. The van der Waals surface area contributed by atoms with Crippen molar-refractivity contribution in [1.82, 2.24) is 0 Å². The molecule has 0 saturated heterocycles. The average molecular weight is 439 g/mol. The molecule has 8 nitrogen and oxygen atoms in total. The number of hydrogen-bond acceptors (Lipinski definition) is 8. The van der Waals surface area contributed by atoms with Crippen LogP contribution in [0, 0.1) is 5.92 Å². The van der Waals surface area contributed by atoms with Gasteiger partial charge in [-0.1, -0.05) is 37.0 Å². The van der Waals surface area contributed by atoms with Crippen molar-refractivity contribution in [3.8, 4) is 5.75 Å². The Morgan fingerprint density at radius 2 is 1.75 bits per heavy atom. The van der Waals surface area contributed by atoms with Crippen molar-refractivity contribution in [3.63, 3.8) is 0 Å². The third-order valence-corrected chi connectivity index (χ3v) is 4.97. The van der Waals surface area contributed by atoms with Gasteiger partial charge in [-0.25, -0.2) is 4.79 Å². The molecule has 0 radical (unpaired) electrons. The molecule has 1 rings (SSSR count). The molecule has 1 aromatic rings. The van der Waals surface area contributed by atoms with E-state index < -0.39 is 44.1 Å². The van der Waals surface area contributed by atoms with Crippen LogP contribution in [0.4, 0.5) is 0 Å². The molecule has 0 saturated carbocycles. The lowest BCUT2D eigenvalue weighted by Crippen LogP contribution is -2.42. The Bertz CT molecular complexity index is 682. The van der Waals surface area contributed by atoms with Crippen molar-refractivity contribution < 1.29 is 39.5 Å². The summed E-state index contributed by atoms with van der Waals surface area (Å²) < 4.78 is 9.95. The number of ether oxygens (including phenoxy) is 2. The van der Waals surface area contributed by atoms with Gasteiger partial charge in [-0.15, -0.1) is 0 Å². The molecule has 158 valence electrons.